The van der Waals surface area contributed by atoms with Gasteiger partial charge in [-0.2, -0.15) is 29.2 Å². The first-order chi connectivity index (χ1) is 35.6. The van der Waals surface area contributed by atoms with Gasteiger partial charge in [-0.15, -0.1) is 0 Å². The van der Waals surface area contributed by atoms with Crippen molar-refractivity contribution in [3.63, 3.8) is 0 Å². The molecule has 0 fully saturated rings. The second kappa shape index (κ2) is 23.1. The molecule has 0 saturated heterocycles. The average Bonchev–Trinajstić information content (AvgIpc) is 4.19. The van der Waals surface area contributed by atoms with Crippen LogP contribution in [0, 0.1) is 23.3 Å². The smallest absolute Gasteiger partial charge is 0.324 e. The predicted molar refractivity (Wildman–Crippen MR) is 272 cm³/mol. The normalized spacial score (nSPS) is 11.4. The average molecular weight is 1040 g/mol. The molecular weight excluding hydrogens is 981 g/mol. The van der Waals surface area contributed by atoms with E-state index in [-0.39, 0.29) is 51.8 Å². The summed E-state index contributed by atoms with van der Waals surface area (Å²) in [4.78, 5) is 33.4. The molecule has 0 bridgehead atoms. The number of nitrogens with one attached hydrogen (secondary N) is 4. The first kappa shape index (κ1) is 54.1. The first-order valence-electron chi connectivity index (χ1n) is 23.2. The van der Waals surface area contributed by atoms with Gasteiger partial charge in [-0.05, 0) is 36.4 Å². The van der Waals surface area contributed by atoms with Crippen LogP contribution in [-0.2, 0) is 42.8 Å². The number of anilines is 4. The van der Waals surface area contributed by atoms with Gasteiger partial charge in [0.25, 0.3) is 0 Å². The number of rotatable bonds is 15. The van der Waals surface area contributed by atoms with Gasteiger partial charge in [0, 0.05) is 92.2 Å². The van der Waals surface area contributed by atoms with Crippen LogP contribution in [0.25, 0.3) is 22.5 Å². The van der Waals surface area contributed by atoms with E-state index in [0.717, 1.165) is 17.0 Å². The summed E-state index contributed by atoms with van der Waals surface area (Å²) in [6.07, 6.45) is 9.67. The maximum Gasteiger partial charge on any atom is 0.324 e. The van der Waals surface area contributed by atoms with Crippen LogP contribution < -0.4 is 30.7 Å². The van der Waals surface area contributed by atoms with E-state index in [1.165, 1.54) is 58.2 Å². The predicted octanol–water partition coefficient (Wildman–Crippen LogP) is 10.0. The Hall–Kier alpha value is -8.64. The lowest BCUT2D eigenvalue weighted by Gasteiger charge is -2.13. The highest BCUT2D eigenvalue weighted by Gasteiger charge is 2.24. The van der Waals surface area contributed by atoms with Crippen LogP contribution in [0.5, 0.6) is 23.0 Å². The molecule has 0 unspecified atom stereocenters. The number of hydrogen-bond acceptors (Lipinski definition) is 12. The number of amides is 4. The Bertz CT molecular complexity index is 3300. The molecule has 6 aromatic heterocycles. The number of ether oxygens (including phenoxy) is 3. The van der Waals surface area contributed by atoms with Crippen molar-refractivity contribution >= 4 is 35.1 Å². The summed E-state index contributed by atoms with van der Waals surface area (Å²) < 4.78 is 81.7. The van der Waals surface area contributed by atoms with Crippen molar-refractivity contribution in [1.82, 2.24) is 49.1 Å². The summed E-state index contributed by atoms with van der Waals surface area (Å²) in [5.74, 6) is -4.46. The monoisotopic (exact) mass is 1040 g/mol. The zero-order valence-corrected chi connectivity index (χ0v) is 42.5. The molecule has 8 rings (SSSR count). The van der Waals surface area contributed by atoms with E-state index in [1.54, 1.807) is 79.6 Å². The van der Waals surface area contributed by atoms with Gasteiger partial charge in [-0.3, -0.25) is 39.3 Å². The first-order valence-corrected chi connectivity index (χ1v) is 23.2. The lowest BCUT2D eigenvalue weighted by atomic mass is 9.92. The Balaban J connectivity index is 0.000000219. The van der Waals surface area contributed by atoms with Crippen molar-refractivity contribution in [1.29, 1.82) is 0 Å². The molecule has 0 aliphatic heterocycles. The van der Waals surface area contributed by atoms with Crippen LogP contribution in [0.3, 0.4) is 0 Å². The molecule has 394 valence electrons. The molecule has 75 heavy (non-hydrogen) atoms. The second-order valence-electron chi connectivity index (χ2n) is 18.9. The molecule has 8 aromatic rings. The van der Waals surface area contributed by atoms with Crippen LogP contribution in [0.15, 0.2) is 97.8 Å². The minimum Gasteiger partial charge on any atom is -0.454 e. The van der Waals surface area contributed by atoms with E-state index >= 15 is 0 Å². The second-order valence-corrected chi connectivity index (χ2v) is 18.9. The zero-order chi connectivity index (χ0) is 54.2. The summed E-state index contributed by atoms with van der Waals surface area (Å²) in [6, 6.07) is 13.0. The number of aliphatic hydroxyl groups excluding tert-OH is 1. The third-order valence-electron chi connectivity index (χ3n) is 11.0. The summed E-state index contributed by atoms with van der Waals surface area (Å²) >= 11 is 0. The minimum absolute atomic E-state index is 0.0590. The van der Waals surface area contributed by atoms with Gasteiger partial charge in [0.15, 0.2) is 23.1 Å². The van der Waals surface area contributed by atoms with Gasteiger partial charge >= 0.3 is 12.1 Å². The molecule has 2 aromatic carbocycles. The standard InChI is InChI=1S/C26H29F2N7O3.C25H27F2N7O3/c1-26(2,3)21-13-22(34(4)33-21)32-25(36)31-18-6-7-20(24(28)23(18)27)38-17-8-9-29-19(12-17)16-14-30-35(15-16)10-11-37-5;1-25(2,3)20-12-21(33(4)32-20)31-24(36)30-17-5-6-19(23(27)22(17)26)37-16-7-8-28-18(11-16)15-13-29-34(14-15)9-10-35/h6-9,12-15H,10-11H2,1-5H3,(H2,31,32,36);5-8,11-14,35H,9-10H2,1-4H3,(H2,30,31,36). The maximum absolute atomic E-state index is 14.8. The van der Waals surface area contributed by atoms with Crippen LogP contribution in [0.1, 0.15) is 52.9 Å². The van der Waals surface area contributed by atoms with Crippen LogP contribution in [0.2, 0.25) is 0 Å². The fourth-order valence-corrected chi connectivity index (χ4v) is 6.90. The Morgan fingerprint density at radius 1 is 0.600 bits per heavy atom. The number of carbonyl (C=O) groups excluding carboxylic acids is 2. The number of hydrogen-bond donors (Lipinski definition) is 5. The quantitative estimate of drug-likeness (QED) is 0.0605. The molecular formula is C51H56F4N14O6. The Kier molecular flexibility index (Phi) is 16.6. The van der Waals surface area contributed by atoms with Crippen molar-refractivity contribution < 1.29 is 46.5 Å². The molecule has 24 heteroatoms. The number of aromatic nitrogens is 10. The summed E-state index contributed by atoms with van der Waals surface area (Å²) in [5, 5.41) is 36.0. The molecule has 20 nitrogen and oxygen atoms in total. The fourth-order valence-electron chi connectivity index (χ4n) is 6.90. The fraction of sp³-hybridized carbons (Fsp3) is 0.294. The van der Waals surface area contributed by atoms with E-state index in [0.29, 0.717) is 48.3 Å². The van der Waals surface area contributed by atoms with Crippen LogP contribution in [0.4, 0.5) is 50.2 Å². The van der Waals surface area contributed by atoms with Gasteiger partial charge in [-0.1, -0.05) is 41.5 Å². The van der Waals surface area contributed by atoms with Crippen molar-refractivity contribution in [3.05, 3.63) is 133 Å². The molecule has 4 amide bonds. The molecule has 0 aliphatic rings. The molecule has 0 radical (unpaired) electrons. The van der Waals surface area contributed by atoms with E-state index < -0.39 is 35.3 Å². The van der Waals surface area contributed by atoms with E-state index in [4.69, 9.17) is 19.3 Å². The largest absolute Gasteiger partial charge is 0.454 e. The highest BCUT2D eigenvalue weighted by atomic mass is 19.2. The number of pyridine rings is 2. The number of aryl methyl sites for hydroxylation is 2. The van der Waals surface area contributed by atoms with Gasteiger partial charge in [0.1, 0.15) is 23.1 Å². The highest BCUT2D eigenvalue weighted by molar-refractivity contribution is 6.00. The summed E-state index contributed by atoms with van der Waals surface area (Å²) in [7, 11) is 4.95. The number of methoxy groups -OCH3 is 1. The van der Waals surface area contributed by atoms with Gasteiger partial charge < -0.3 is 30.0 Å². The number of aliphatic hydroxyl groups is 1. The van der Waals surface area contributed by atoms with E-state index in [9.17, 15) is 27.2 Å². The van der Waals surface area contributed by atoms with Crippen LogP contribution in [-0.4, -0.2) is 86.6 Å². The third-order valence-corrected chi connectivity index (χ3v) is 11.0. The summed E-state index contributed by atoms with van der Waals surface area (Å²) in [6.45, 7) is 13.3. The van der Waals surface area contributed by atoms with E-state index in [1.807, 2.05) is 41.5 Å². The zero-order valence-electron chi connectivity index (χ0n) is 42.5. The van der Waals surface area contributed by atoms with Gasteiger partial charge in [-0.25, -0.2) is 18.4 Å². The van der Waals surface area contributed by atoms with Crippen molar-refractivity contribution in [3.8, 4) is 45.5 Å². The molecule has 0 atom stereocenters. The molecule has 0 saturated carbocycles. The number of nitrogens with zero attached hydrogens (tertiary/aromatic N) is 10. The lowest BCUT2D eigenvalue weighted by molar-refractivity contribution is 0.183. The number of carbonyl (C=O) groups is 2. The lowest BCUT2D eigenvalue weighted by Crippen LogP contribution is -2.22. The summed E-state index contributed by atoms with van der Waals surface area (Å²) in [5.41, 5.74) is 2.84. The minimum atomic E-state index is -1.27. The van der Waals surface area contributed by atoms with Crippen LogP contribution >= 0.6 is 0 Å². The highest BCUT2D eigenvalue weighted by Crippen LogP contribution is 2.34. The molecule has 0 aliphatic carbocycles. The Morgan fingerprint density at radius 3 is 1.41 bits per heavy atom. The maximum atomic E-state index is 14.8. The van der Waals surface area contributed by atoms with E-state index in [2.05, 4.69) is 51.6 Å². The topological polar surface area (TPSA) is 227 Å². The molecule has 6 heterocycles. The molecule has 5 N–H and O–H groups in total. The van der Waals surface area contributed by atoms with Crippen molar-refractivity contribution in [2.24, 2.45) is 14.1 Å². The third kappa shape index (κ3) is 13.7. The molecule has 0 spiro atoms. The number of urea groups is 2. The van der Waals surface area contributed by atoms with Gasteiger partial charge in [0.2, 0.25) is 11.6 Å². The Morgan fingerprint density at radius 2 is 1.03 bits per heavy atom. The van der Waals surface area contributed by atoms with Crippen molar-refractivity contribution in [2.45, 2.75) is 65.5 Å². The van der Waals surface area contributed by atoms with Crippen molar-refractivity contribution in [2.75, 3.05) is 41.6 Å². The SMILES string of the molecule is COCCn1cc(-c2cc(Oc3ccc(NC(=O)Nc4cc(C(C)(C)C)nn4C)c(F)c3F)ccn2)cn1.Cn1nc(C(C)(C)C)cc1NC(=O)Nc1ccc(Oc2ccnc(-c3cnn(CCO)c3)c2)c(F)c1F. The number of halogens is 4. The number of benzene rings is 2. The Labute approximate surface area is 428 Å². The van der Waals surface area contributed by atoms with Gasteiger partial charge in [0.05, 0.1) is 72.8 Å².